The number of para-hydroxylation sites is 1. The summed E-state index contributed by atoms with van der Waals surface area (Å²) in [5.41, 5.74) is 8.31. The van der Waals surface area contributed by atoms with Crippen LogP contribution in [0.25, 0.3) is 0 Å². The molecule has 0 amide bonds. The van der Waals surface area contributed by atoms with E-state index in [0.717, 1.165) is 18.3 Å². The zero-order chi connectivity index (χ0) is 13.7. The first-order valence-corrected chi connectivity index (χ1v) is 7.77. The molecule has 1 saturated carbocycles. The Kier molecular flexibility index (Phi) is 5.26. The van der Waals surface area contributed by atoms with Gasteiger partial charge in [0, 0.05) is 24.3 Å². The lowest BCUT2D eigenvalue weighted by Crippen LogP contribution is -2.39. The Balaban J connectivity index is 2.09. The summed E-state index contributed by atoms with van der Waals surface area (Å²) in [6.07, 6.45) is 8.30. The Morgan fingerprint density at radius 3 is 2.32 bits per heavy atom. The first kappa shape index (κ1) is 14.4. The van der Waals surface area contributed by atoms with Gasteiger partial charge in [0.25, 0.3) is 0 Å². The van der Waals surface area contributed by atoms with Crippen LogP contribution in [0, 0.1) is 0 Å². The molecule has 0 bridgehead atoms. The summed E-state index contributed by atoms with van der Waals surface area (Å²) in [7, 11) is 0. The topological polar surface area (TPSA) is 29.3 Å². The van der Waals surface area contributed by atoms with Crippen LogP contribution in [-0.2, 0) is 6.54 Å². The number of hydrogen-bond donors (Lipinski definition) is 1. The third-order valence-corrected chi connectivity index (χ3v) is 4.37. The van der Waals surface area contributed by atoms with Gasteiger partial charge in [0.2, 0.25) is 0 Å². The van der Waals surface area contributed by atoms with E-state index in [1.54, 1.807) is 0 Å². The minimum atomic E-state index is 0.586. The number of nitrogens with two attached hydrogens (primary N) is 1. The van der Waals surface area contributed by atoms with E-state index in [1.807, 2.05) is 12.1 Å². The van der Waals surface area contributed by atoms with Gasteiger partial charge in [-0.2, -0.15) is 0 Å². The fourth-order valence-corrected chi connectivity index (χ4v) is 3.20. The molecule has 1 aromatic carbocycles. The van der Waals surface area contributed by atoms with E-state index in [-0.39, 0.29) is 0 Å². The predicted octanol–water partition coefficient (Wildman–Crippen LogP) is 4.20. The van der Waals surface area contributed by atoms with Gasteiger partial charge in [0.05, 0.1) is 0 Å². The van der Waals surface area contributed by atoms with Gasteiger partial charge in [-0.25, -0.2) is 0 Å². The van der Waals surface area contributed by atoms with Gasteiger partial charge in [-0.15, -0.1) is 0 Å². The molecule has 0 heterocycles. The molecule has 1 fully saturated rings. The first-order chi connectivity index (χ1) is 9.18. The Morgan fingerprint density at radius 2 is 1.74 bits per heavy atom. The number of nitrogen functional groups attached to an aromatic ring is 1. The molecule has 2 nitrogen and oxygen atoms in total. The highest BCUT2D eigenvalue weighted by Gasteiger charge is 2.22. The monoisotopic (exact) mass is 260 g/mol. The lowest BCUT2D eigenvalue weighted by atomic mass is 10.0. The molecule has 2 N–H and O–H groups in total. The molecule has 1 aromatic rings. The van der Waals surface area contributed by atoms with E-state index in [1.165, 1.54) is 44.1 Å². The number of rotatable bonds is 4. The summed E-state index contributed by atoms with van der Waals surface area (Å²) >= 11 is 0. The van der Waals surface area contributed by atoms with E-state index in [9.17, 15) is 0 Å². The smallest absolute Gasteiger partial charge is 0.0359 e. The number of benzene rings is 1. The Morgan fingerprint density at radius 1 is 1.11 bits per heavy atom. The standard InChI is InChI=1S/C17H28N2/c1-14(2)19(16-10-5-3-4-6-11-16)13-15-9-7-8-12-17(15)18/h7-9,12,14,16H,3-6,10-11,13,18H2,1-2H3. The summed E-state index contributed by atoms with van der Waals surface area (Å²) < 4.78 is 0. The van der Waals surface area contributed by atoms with Crippen LogP contribution in [0.5, 0.6) is 0 Å². The Bertz CT molecular complexity index is 379. The summed E-state index contributed by atoms with van der Waals surface area (Å²) in [5.74, 6) is 0. The van der Waals surface area contributed by atoms with Crippen molar-refractivity contribution in [2.45, 2.75) is 71.0 Å². The molecule has 0 saturated heterocycles. The molecule has 2 heteroatoms. The zero-order valence-electron chi connectivity index (χ0n) is 12.4. The molecule has 0 spiro atoms. The van der Waals surface area contributed by atoms with Crippen LogP contribution in [0.15, 0.2) is 24.3 Å². The van der Waals surface area contributed by atoms with Crippen LogP contribution in [-0.4, -0.2) is 17.0 Å². The summed E-state index contributed by atoms with van der Waals surface area (Å²) in [4.78, 5) is 2.65. The van der Waals surface area contributed by atoms with E-state index in [2.05, 4.69) is 30.9 Å². The molecule has 1 aliphatic carbocycles. The first-order valence-electron chi connectivity index (χ1n) is 7.77. The minimum absolute atomic E-state index is 0.586. The molecule has 106 valence electrons. The highest BCUT2D eigenvalue weighted by atomic mass is 15.2. The van der Waals surface area contributed by atoms with Crippen LogP contribution in [0.4, 0.5) is 5.69 Å². The van der Waals surface area contributed by atoms with Gasteiger partial charge in [0.15, 0.2) is 0 Å². The highest BCUT2D eigenvalue weighted by Crippen LogP contribution is 2.26. The van der Waals surface area contributed by atoms with Gasteiger partial charge >= 0.3 is 0 Å². The van der Waals surface area contributed by atoms with Crippen molar-refractivity contribution in [3.8, 4) is 0 Å². The maximum absolute atomic E-state index is 6.10. The van der Waals surface area contributed by atoms with Crippen LogP contribution >= 0.6 is 0 Å². The van der Waals surface area contributed by atoms with Crippen molar-refractivity contribution in [1.82, 2.24) is 4.90 Å². The molecule has 0 radical (unpaired) electrons. The van der Waals surface area contributed by atoms with E-state index >= 15 is 0 Å². The Labute approximate surface area is 118 Å². The largest absolute Gasteiger partial charge is 0.398 e. The summed E-state index contributed by atoms with van der Waals surface area (Å²) in [5, 5.41) is 0. The van der Waals surface area contributed by atoms with Crippen LogP contribution in [0.2, 0.25) is 0 Å². The van der Waals surface area contributed by atoms with Crippen molar-refractivity contribution in [2.75, 3.05) is 5.73 Å². The fourth-order valence-electron chi connectivity index (χ4n) is 3.20. The fraction of sp³-hybridized carbons (Fsp3) is 0.647. The molecule has 19 heavy (non-hydrogen) atoms. The maximum Gasteiger partial charge on any atom is 0.0359 e. The molecule has 0 unspecified atom stereocenters. The normalized spacial score (nSPS) is 17.9. The van der Waals surface area contributed by atoms with Gasteiger partial charge < -0.3 is 5.73 Å². The lowest BCUT2D eigenvalue weighted by molar-refractivity contribution is 0.130. The third kappa shape index (κ3) is 3.97. The molecule has 2 rings (SSSR count). The minimum Gasteiger partial charge on any atom is -0.398 e. The van der Waals surface area contributed by atoms with Crippen LogP contribution in [0.1, 0.15) is 57.9 Å². The second-order valence-corrected chi connectivity index (χ2v) is 6.11. The van der Waals surface area contributed by atoms with Crippen molar-refractivity contribution in [1.29, 1.82) is 0 Å². The number of hydrogen-bond acceptors (Lipinski definition) is 2. The van der Waals surface area contributed by atoms with Crippen molar-refractivity contribution in [3.05, 3.63) is 29.8 Å². The molecule has 1 aliphatic rings. The average molecular weight is 260 g/mol. The zero-order valence-corrected chi connectivity index (χ0v) is 12.4. The molecule has 0 aliphatic heterocycles. The number of nitrogens with zero attached hydrogens (tertiary/aromatic N) is 1. The Hall–Kier alpha value is -1.02. The van der Waals surface area contributed by atoms with E-state index < -0.39 is 0 Å². The van der Waals surface area contributed by atoms with Gasteiger partial charge in [0.1, 0.15) is 0 Å². The third-order valence-electron chi connectivity index (χ3n) is 4.37. The van der Waals surface area contributed by atoms with Crippen molar-refractivity contribution in [3.63, 3.8) is 0 Å². The van der Waals surface area contributed by atoms with Crippen LogP contribution < -0.4 is 5.73 Å². The van der Waals surface area contributed by atoms with Crippen molar-refractivity contribution >= 4 is 5.69 Å². The summed E-state index contributed by atoms with van der Waals surface area (Å²) in [6, 6.07) is 9.62. The SMILES string of the molecule is CC(C)N(Cc1ccccc1N)C1CCCCCC1. The van der Waals surface area contributed by atoms with E-state index in [0.29, 0.717) is 6.04 Å². The predicted molar refractivity (Wildman–Crippen MR) is 83.0 cm³/mol. The molecule has 0 aromatic heterocycles. The second kappa shape index (κ2) is 6.95. The lowest BCUT2D eigenvalue weighted by Gasteiger charge is -2.35. The van der Waals surface area contributed by atoms with Crippen LogP contribution in [0.3, 0.4) is 0 Å². The molecular weight excluding hydrogens is 232 g/mol. The quantitative estimate of drug-likeness (QED) is 0.649. The average Bonchev–Trinajstić information content (AvgIpc) is 2.66. The maximum atomic E-state index is 6.10. The van der Waals surface area contributed by atoms with Gasteiger partial charge in [-0.05, 0) is 38.3 Å². The van der Waals surface area contributed by atoms with Gasteiger partial charge in [-0.1, -0.05) is 43.9 Å². The summed E-state index contributed by atoms with van der Waals surface area (Å²) in [6.45, 7) is 5.61. The van der Waals surface area contributed by atoms with Gasteiger partial charge in [-0.3, -0.25) is 4.90 Å². The van der Waals surface area contributed by atoms with E-state index in [4.69, 9.17) is 5.73 Å². The highest BCUT2D eigenvalue weighted by molar-refractivity contribution is 5.46. The number of anilines is 1. The molecular formula is C17H28N2. The van der Waals surface area contributed by atoms with Crippen molar-refractivity contribution < 1.29 is 0 Å². The second-order valence-electron chi connectivity index (χ2n) is 6.11. The molecule has 0 atom stereocenters. The van der Waals surface area contributed by atoms with Crippen molar-refractivity contribution in [2.24, 2.45) is 0 Å².